The molecule has 100 valence electrons. The average molecular weight is 260 g/mol. The lowest BCUT2D eigenvalue weighted by Gasteiger charge is -2.08. The molecular formula is C13H16N4O2. The average Bonchev–Trinajstić information content (AvgIpc) is 2.71. The fourth-order valence-corrected chi connectivity index (χ4v) is 2.13. The minimum atomic E-state index is -0.381. The first-order valence-corrected chi connectivity index (χ1v) is 6.01. The summed E-state index contributed by atoms with van der Waals surface area (Å²) in [5.74, 6) is 0.627. The number of nitrogens with one attached hydrogen (secondary N) is 1. The van der Waals surface area contributed by atoms with Gasteiger partial charge in [0.1, 0.15) is 5.82 Å². The third-order valence-electron chi connectivity index (χ3n) is 3.11. The normalized spacial score (nSPS) is 10.9. The lowest BCUT2D eigenvalue weighted by Crippen LogP contribution is -1.96. The van der Waals surface area contributed by atoms with Crippen LogP contribution in [0.25, 0.3) is 11.3 Å². The Hall–Kier alpha value is -2.37. The van der Waals surface area contributed by atoms with Crippen LogP contribution in [0.2, 0.25) is 0 Å². The van der Waals surface area contributed by atoms with E-state index in [1.165, 1.54) is 0 Å². The second-order valence-corrected chi connectivity index (χ2v) is 4.81. The molecule has 0 spiro atoms. The maximum atomic E-state index is 11.0. The fraction of sp³-hybridized carbons (Fsp3) is 0.308. The predicted octanol–water partition coefficient (Wildman–Crippen LogP) is 3.00. The van der Waals surface area contributed by atoms with E-state index >= 15 is 0 Å². The van der Waals surface area contributed by atoms with Crippen LogP contribution >= 0.6 is 0 Å². The first kappa shape index (κ1) is 13.1. The topological polar surface area (TPSA) is 97.8 Å². The molecule has 6 nitrogen and oxygen atoms in total. The lowest BCUT2D eigenvalue weighted by atomic mass is 9.97. The molecule has 0 aliphatic rings. The van der Waals surface area contributed by atoms with Gasteiger partial charge in [-0.25, -0.2) is 0 Å². The Morgan fingerprint density at radius 1 is 1.42 bits per heavy atom. The fourth-order valence-electron chi connectivity index (χ4n) is 2.13. The summed E-state index contributed by atoms with van der Waals surface area (Å²) in [4.78, 5) is 10.6. The number of nitro benzene ring substituents is 1. The van der Waals surface area contributed by atoms with E-state index in [2.05, 4.69) is 10.2 Å². The molecule has 1 aromatic heterocycles. The maximum absolute atomic E-state index is 11.0. The number of hydrogen-bond donors (Lipinski definition) is 2. The third kappa shape index (κ3) is 2.29. The van der Waals surface area contributed by atoms with Crippen LogP contribution in [0.5, 0.6) is 0 Å². The highest BCUT2D eigenvalue weighted by atomic mass is 16.6. The Kier molecular flexibility index (Phi) is 3.25. The molecule has 3 N–H and O–H groups in total. The molecule has 2 aromatic rings. The number of anilines is 1. The summed E-state index contributed by atoms with van der Waals surface area (Å²) in [7, 11) is 0. The molecular weight excluding hydrogens is 244 g/mol. The quantitative estimate of drug-likeness (QED) is 0.654. The van der Waals surface area contributed by atoms with Crippen molar-refractivity contribution in [2.45, 2.75) is 26.7 Å². The van der Waals surface area contributed by atoms with E-state index in [-0.39, 0.29) is 16.5 Å². The van der Waals surface area contributed by atoms with Crippen LogP contribution in [0.15, 0.2) is 18.2 Å². The molecule has 0 unspecified atom stereocenters. The van der Waals surface area contributed by atoms with E-state index in [1.54, 1.807) is 19.1 Å². The number of nitrogen functional groups attached to an aromatic ring is 1. The number of rotatable bonds is 3. The van der Waals surface area contributed by atoms with Crippen molar-refractivity contribution in [2.75, 3.05) is 5.73 Å². The first-order valence-electron chi connectivity index (χ1n) is 6.01. The Morgan fingerprint density at radius 2 is 2.11 bits per heavy atom. The molecule has 2 rings (SSSR count). The van der Waals surface area contributed by atoms with Gasteiger partial charge in [-0.3, -0.25) is 15.2 Å². The largest absolute Gasteiger partial charge is 0.382 e. The third-order valence-corrected chi connectivity index (χ3v) is 3.11. The van der Waals surface area contributed by atoms with E-state index in [0.29, 0.717) is 11.4 Å². The SMILES string of the molecule is Cc1ccc(-c2[nH]nc(N)c2C(C)C)cc1[N+](=O)[O-]. The van der Waals surface area contributed by atoms with Crippen molar-refractivity contribution in [3.05, 3.63) is 39.4 Å². The van der Waals surface area contributed by atoms with E-state index in [9.17, 15) is 10.1 Å². The molecule has 0 radical (unpaired) electrons. The molecule has 0 amide bonds. The van der Waals surface area contributed by atoms with Gasteiger partial charge in [-0.1, -0.05) is 26.0 Å². The van der Waals surface area contributed by atoms with Crippen LogP contribution in [-0.4, -0.2) is 15.1 Å². The molecule has 6 heteroatoms. The van der Waals surface area contributed by atoms with Gasteiger partial charge in [0.05, 0.1) is 10.6 Å². The molecule has 0 atom stereocenters. The minimum absolute atomic E-state index is 0.0976. The van der Waals surface area contributed by atoms with Gasteiger partial charge < -0.3 is 5.73 Å². The summed E-state index contributed by atoms with van der Waals surface area (Å²) in [5, 5.41) is 17.8. The zero-order valence-electron chi connectivity index (χ0n) is 11.1. The predicted molar refractivity (Wildman–Crippen MR) is 73.9 cm³/mol. The Bertz CT molecular complexity index is 632. The maximum Gasteiger partial charge on any atom is 0.272 e. The standard InChI is InChI=1S/C13H16N4O2/c1-7(2)11-12(15-16-13(11)14)9-5-4-8(3)10(6-9)17(18)19/h4-7H,1-3H3,(H3,14,15,16). The van der Waals surface area contributed by atoms with Gasteiger partial charge in [0.2, 0.25) is 0 Å². The minimum Gasteiger partial charge on any atom is -0.382 e. The number of aromatic amines is 1. The number of nitrogens with two attached hydrogens (primary N) is 1. The van der Waals surface area contributed by atoms with E-state index in [4.69, 9.17) is 5.73 Å². The van der Waals surface area contributed by atoms with Crippen molar-refractivity contribution in [2.24, 2.45) is 0 Å². The van der Waals surface area contributed by atoms with Gasteiger partial charge in [-0.2, -0.15) is 5.10 Å². The second kappa shape index (κ2) is 4.72. The second-order valence-electron chi connectivity index (χ2n) is 4.81. The van der Waals surface area contributed by atoms with Gasteiger partial charge in [0.25, 0.3) is 5.69 Å². The number of H-pyrrole nitrogens is 1. The molecule has 1 aromatic carbocycles. The van der Waals surface area contributed by atoms with Crippen LogP contribution in [0, 0.1) is 17.0 Å². The molecule has 19 heavy (non-hydrogen) atoms. The van der Waals surface area contributed by atoms with Gasteiger partial charge in [0.15, 0.2) is 0 Å². The number of benzene rings is 1. The van der Waals surface area contributed by atoms with E-state index in [0.717, 1.165) is 16.8 Å². The highest BCUT2D eigenvalue weighted by Gasteiger charge is 2.18. The Morgan fingerprint density at radius 3 is 2.68 bits per heavy atom. The number of aromatic nitrogens is 2. The lowest BCUT2D eigenvalue weighted by molar-refractivity contribution is -0.385. The summed E-state index contributed by atoms with van der Waals surface area (Å²) in [6, 6.07) is 5.12. The number of nitrogens with zero attached hydrogens (tertiary/aromatic N) is 2. The summed E-state index contributed by atoms with van der Waals surface area (Å²) in [5.41, 5.74) is 8.92. The van der Waals surface area contributed by atoms with Gasteiger partial charge in [0, 0.05) is 22.8 Å². The van der Waals surface area contributed by atoms with Crippen molar-refractivity contribution in [3.63, 3.8) is 0 Å². The van der Waals surface area contributed by atoms with E-state index in [1.807, 2.05) is 19.9 Å². The van der Waals surface area contributed by atoms with Crippen molar-refractivity contribution >= 4 is 11.5 Å². The van der Waals surface area contributed by atoms with Gasteiger partial charge in [-0.15, -0.1) is 0 Å². The van der Waals surface area contributed by atoms with Gasteiger partial charge >= 0.3 is 0 Å². The number of hydrogen-bond acceptors (Lipinski definition) is 4. The Labute approximate surface area is 110 Å². The zero-order valence-corrected chi connectivity index (χ0v) is 11.1. The van der Waals surface area contributed by atoms with E-state index < -0.39 is 0 Å². The molecule has 0 fully saturated rings. The summed E-state index contributed by atoms with van der Waals surface area (Å²) in [6.07, 6.45) is 0. The van der Waals surface area contributed by atoms with Crippen LogP contribution in [0.4, 0.5) is 11.5 Å². The van der Waals surface area contributed by atoms with Crippen molar-refractivity contribution < 1.29 is 4.92 Å². The highest BCUT2D eigenvalue weighted by molar-refractivity contribution is 5.71. The molecule has 0 saturated carbocycles. The summed E-state index contributed by atoms with van der Waals surface area (Å²) < 4.78 is 0. The smallest absolute Gasteiger partial charge is 0.272 e. The number of nitro groups is 1. The highest BCUT2D eigenvalue weighted by Crippen LogP contribution is 2.33. The first-order chi connectivity index (χ1) is 8.91. The molecule has 1 heterocycles. The van der Waals surface area contributed by atoms with Crippen LogP contribution in [0.3, 0.4) is 0 Å². The Balaban J connectivity index is 2.60. The molecule has 0 aliphatic carbocycles. The molecule has 0 bridgehead atoms. The van der Waals surface area contributed by atoms with Crippen molar-refractivity contribution in [1.82, 2.24) is 10.2 Å². The van der Waals surface area contributed by atoms with Crippen LogP contribution < -0.4 is 5.73 Å². The van der Waals surface area contributed by atoms with Crippen molar-refractivity contribution in [3.8, 4) is 11.3 Å². The van der Waals surface area contributed by atoms with Crippen molar-refractivity contribution in [1.29, 1.82) is 0 Å². The summed E-state index contributed by atoms with van der Waals surface area (Å²) >= 11 is 0. The molecule has 0 saturated heterocycles. The number of aryl methyl sites for hydroxylation is 1. The van der Waals surface area contributed by atoms with Crippen LogP contribution in [-0.2, 0) is 0 Å². The summed E-state index contributed by atoms with van der Waals surface area (Å²) in [6.45, 7) is 5.73. The monoisotopic (exact) mass is 260 g/mol. The van der Waals surface area contributed by atoms with Crippen LogP contribution in [0.1, 0.15) is 30.9 Å². The van der Waals surface area contributed by atoms with Gasteiger partial charge in [-0.05, 0) is 12.8 Å². The zero-order chi connectivity index (χ0) is 14.2. The molecule has 0 aliphatic heterocycles.